The molecule has 1 aromatic heterocycles. The fraction of sp³-hybridized carbons (Fsp3) is 0.259. The van der Waals surface area contributed by atoms with E-state index in [9.17, 15) is 9.90 Å². The van der Waals surface area contributed by atoms with Gasteiger partial charge in [-0.15, -0.1) is 0 Å². The van der Waals surface area contributed by atoms with Crippen molar-refractivity contribution in [3.8, 4) is 16.9 Å². The van der Waals surface area contributed by atoms with Crippen molar-refractivity contribution in [2.75, 3.05) is 20.7 Å². The quantitative estimate of drug-likeness (QED) is 0.463. The number of carbonyl (C=O) groups is 1. The molecule has 1 aliphatic heterocycles. The van der Waals surface area contributed by atoms with Gasteiger partial charge >= 0.3 is 5.97 Å². The summed E-state index contributed by atoms with van der Waals surface area (Å²) in [6.45, 7) is 2.94. The number of aromatic nitrogens is 1. The number of nitrogens with zero attached hydrogens (tertiary/aromatic N) is 2. The SMILES string of the molecule is Cc1cc2c(F)c(CN(C)C)ccc2c(-c2ccc3c4c(ccnc24)CCO3)c1CC(=O)O. The molecule has 168 valence electrons. The molecule has 0 saturated carbocycles. The molecule has 4 aromatic rings. The van der Waals surface area contributed by atoms with Crippen molar-refractivity contribution >= 4 is 27.6 Å². The summed E-state index contributed by atoms with van der Waals surface area (Å²) in [5, 5.41) is 11.8. The van der Waals surface area contributed by atoms with Gasteiger partial charge in [0.2, 0.25) is 0 Å². The largest absolute Gasteiger partial charge is 0.493 e. The second-order valence-corrected chi connectivity index (χ2v) is 8.89. The van der Waals surface area contributed by atoms with Crippen LogP contribution in [0.5, 0.6) is 5.75 Å². The minimum Gasteiger partial charge on any atom is -0.493 e. The molecule has 0 unspecified atom stereocenters. The predicted octanol–water partition coefficient (Wildman–Crippen LogP) is 5.13. The van der Waals surface area contributed by atoms with Crippen LogP contribution in [0.4, 0.5) is 4.39 Å². The molecule has 0 atom stereocenters. The predicted molar refractivity (Wildman–Crippen MR) is 127 cm³/mol. The van der Waals surface area contributed by atoms with Gasteiger partial charge in [0.25, 0.3) is 0 Å². The molecule has 3 aromatic carbocycles. The van der Waals surface area contributed by atoms with Crippen molar-refractivity contribution in [3.63, 3.8) is 0 Å². The summed E-state index contributed by atoms with van der Waals surface area (Å²) in [4.78, 5) is 18.4. The molecule has 0 fully saturated rings. The Balaban J connectivity index is 1.88. The van der Waals surface area contributed by atoms with E-state index in [2.05, 4.69) is 4.98 Å². The molecule has 0 aliphatic carbocycles. The number of benzene rings is 3. The molecule has 0 saturated heterocycles. The molecule has 1 N–H and O–H groups in total. The fourth-order valence-corrected chi connectivity index (χ4v) is 4.91. The van der Waals surface area contributed by atoms with Crippen LogP contribution >= 0.6 is 0 Å². The first-order valence-corrected chi connectivity index (χ1v) is 11.0. The van der Waals surface area contributed by atoms with Crippen molar-refractivity contribution in [2.24, 2.45) is 0 Å². The number of pyridine rings is 1. The number of hydrogen-bond acceptors (Lipinski definition) is 4. The Morgan fingerprint density at radius 3 is 2.76 bits per heavy atom. The summed E-state index contributed by atoms with van der Waals surface area (Å²) >= 11 is 0. The Labute approximate surface area is 191 Å². The van der Waals surface area contributed by atoms with Crippen LogP contribution in [-0.2, 0) is 24.2 Å². The molecule has 2 heterocycles. The first kappa shape index (κ1) is 21.3. The average molecular weight is 445 g/mol. The molecular weight excluding hydrogens is 419 g/mol. The van der Waals surface area contributed by atoms with Crippen LogP contribution in [0.3, 0.4) is 0 Å². The second kappa shape index (κ2) is 8.12. The minimum atomic E-state index is -0.928. The Kier molecular flexibility index (Phi) is 5.25. The third-order valence-corrected chi connectivity index (χ3v) is 6.32. The van der Waals surface area contributed by atoms with Gasteiger partial charge in [-0.2, -0.15) is 0 Å². The lowest BCUT2D eigenvalue weighted by molar-refractivity contribution is -0.136. The molecule has 33 heavy (non-hydrogen) atoms. The Morgan fingerprint density at radius 2 is 2.00 bits per heavy atom. The molecule has 1 aliphatic rings. The molecule has 0 radical (unpaired) electrons. The average Bonchev–Trinajstić information content (AvgIpc) is 2.77. The lowest BCUT2D eigenvalue weighted by atomic mass is 9.86. The number of ether oxygens (including phenoxy) is 1. The van der Waals surface area contributed by atoms with Crippen LogP contribution in [0.2, 0.25) is 0 Å². The number of aryl methyl sites for hydroxylation is 1. The van der Waals surface area contributed by atoms with Crippen LogP contribution in [0.1, 0.15) is 22.3 Å². The number of carboxylic acid groups (broad SMARTS) is 1. The molecule has 0 bridgehead atoms. The highest BCUT2D eigenvalue weighted by molar-refractivity contribution is 6.08. The number of hydrogen-bond donors (Lipinski definition) is 1. The monoisotopic (exact) mass is 444 g/mol. The zero-order valence-corrected chi connectivity index (χ0v) is 18.9. The van der Waals surface area contributed by atoms with E-state index in [4.69, 9.17) is 4.74 Å². The third-order valence-electron chi connectivity index (χ3n) is 6.32. The van der Waals surface area contributed by atoms with Gasteiger partial charge in [-0.3, -0.25) is 9.78 Å². The van der Waals surface area contributed by atoms with Crippen molar-refractivity contribution in [2.45, 2.75) is 26.3 Å². The summed E-state index contributed by atoms with van der Waals surface area (Å²) < 4.78 is 21.5. The first-order chi connectivity index (χ1) is 15.8. The highest BCUT2D eigenvalue weighted by Crippen LogP contribution is 2.43. The number of halogens is 1. The standard InChI is InChI=1S/C27H25FN2O3/c1-15-12-21-18(5-4-17(26(21)28)14-30(2)3)25(20(15)13-23(31)32)19-6-7-22-24-16(9-11-33-22)8-10-29-27(19)24/h4-8,10,12H,9,11,13-14H2,1-3H3,(H,31,32). The summed E-state index contributed by atoms with van der Waals surface area (Å²) in [5.41, 5.74) is 5.45. The van der Waals surface area contributed by atoms with Crippen LogP contribution in [0, 0.1) is 12.7 Å². The normalized spacial score (nSPS) is 13.0. The topological polar surface area (TPSA) is 62.7 Å². The van der Waals surface area contributed by atoms with E-state index in [1.165, 1.54) is 0 Å². The molecule has 5 rings (SSSR count). The highest BCUT2D eigenvalue weighted by Gasteiger charge is 2.23. The Hall–Kier alpha value is -3.51. The van der Waals surface area contributed by atoms with Crippen LogP contribution in [0.25, 0.3) is 32.8 Å². The minimum absolute atomic E-state index is 0.155. The molecule has 5 nitrogen and oxygen atoms in total. The summed E-state index contributed by atoms with van der Waals surface area (Å²) in [6.07, 6.45) is 2.41. The van der Waals surface area contributed by atoms with Crippen LogP contribution in [-0.4, -0.2) is 41.7 Å². The lowest BCUT2D eigenvalue weighted by Crippen LogP contribution is -2.12. The number of aliphatic carboxylic acids is 1. The number of rotatable bonds is 5. The number of carboxylic acids is 1. The zero-order valence-electron chi connectivity index (χ0n) is 18.9. The van der Waals surface area contributed by atoms with Crippen molar-refractivity contribution in [3.05, 3.63) is 70.7 Å². The molecule has 6 heteroatoms. The summed E-state index contributed by atoms with van der Waals surface area (Å²) in [7, 11) is 3.80. The van der Waals surface area contributed by atoms with Gasteiger partial charge in [0.1, 0.15) is 11.6 Å². The lowest BCUT2D eigenvalue weighted by Gasteiger charge is -2.22. The van der Waals surface area contributed by atoms with Gasteiger partial charge in [0.05, 0.1) is 18.5 Å². The van der Waals surface area contributed by atoms with Crippen LogP contribution in [0.15, 0.2) is 42.6 Å². The Morgan fingerprint density at radius 1 is 1.18 bits per heavy atom. The van der Waals surface area contributed by atoms with Crippen LogP contribution < -0.4 is 4.74 Å². The van der Waals surface area contributed by atoms with E-state index in [-0.39, 0.29) is 12.2 Å². The van der Waals surface area contributed by atoms with Gasteiger partial charge in [-0.1, -0.05) is 12.1 Å². The van der Waals surface area contributed by atoms with Gasteiger partial charge in [-0.05, 0) is 72.9 Å². The Bertz CT molecular complexity index is 1420. The fourth-order valence-electron chi connectivity index (χ4n) is 4.91. The van der Waals surface area contributed by atoms with E-state index in [1.807, 2.05) is 50.2 Å². The maximum absolute atomic E-state index is 15.6. The van der Waals surface area contributed by atoms with E-state index < -0.39 is 5.97 Å². The molecule has 0 amide bonds. The first-order valence-electron chi connectivity index (χ1n) is 11.0. The smallest absolute Gasteiger partial charge is 0.307 e. The summed E-state index contributed by atoms with van der Waals surface area (Å²) in [5.74, 6) is -0.423. The van der Waals surface area contributed by atoms with Crippen molar-refractivity contribution in [1.29, 1.82) is 0 Å². The van der Waals surface area contributed by atoms with Gasteiger partial charge in [-0.25, -0.2) is 4.39 Å². The van der Waals surface area contributed by atoms with E-state index in [1.54, 1.807) is 18.3 Å². The maximum Gasteiger partial charge on any atom is 0.307 e. The zero-order chi connectivity index (χ0) is 23.3. The van der Waals surface area contributed by atoms with Gasteiger partial charge < -0.3 is 14.7 Å². The second-order valence-electron chi connectivity index (χ2n) is 8.89. The van der Waals surface area contributed by atoms with E-state index >= 15 is 4.39 Å². The van der Waals surface area contributed by atoms with E-state index in [0.717, 1.165) is 45.3 Å². The van der Waals surface area contributed by atoms with Gasteiger partial charge in [0.15, 0.2) is 0 Å². The van der Waals surface area contributed by atoms with Crippen molar-refractivity contribution < 1.29 is 19.0 Å². The third kappa shape index (κ3) is 3.60. The number of fused-ring (bicyclic) bond motifs is 1. The maximum atomic E-state index is 15.6. The van der Waals surface area contributed by atoms with E-state index in [0.29, 0.717) is 35.1 Å². The molecular formula is C27H25FN2O3. The highest BCUT2D eigenvalue weighted by atomic mass is 19.1. The summed E-state index contributed by atoms with van der Waals surface area (Å²) in [6, 6.07) is 11.3. The van der Waals surface area contributed by atoms with Crippen molar-refractivity contribution in [1.82, 2.24) is 9.88 Å². The molecule has 0 spiro atoms. The van der Waals surface area contributed by atoms with Gasteiger partial charge in [0, 0.05) is 41.1 Å².